The van der Waals surface area contributed by atoms with Gasteiger partial charge in [-0.15, -0.1) is 6.42 Å². The van der Waals surface area contributed by atoms with E-state index in [1.165, 1.54) is 6.08 Å². The summed E-state index contributed by atoms with van der Waals surface area (Å²) in [6.45, 7) is 0.193. The summed E-state index contributed by atoms with van der Waals surface area (Å²) in [5, 5.41) is 0.888. The van der Waals surface area contributed by atoms with Gasteiger partial charge in [-0.3, -0.25) is 9.59 Å². The highest BCUT2D eigenvalue weighted by atomic mass is 79.9. The minimum absolute atomic E-state index is 0.179. The first-order chi connectivity index (χ1) is 18.5. The zero-order chi connectivity index (χ0) is 26.6. The molecule has 3 aromatic carbocycles. The number of rotatable bonds is 8. The van der Waals surface area contributed by atoms with Crippen LogP contribution < -0.4 is 9.47 Å². The SMILES string of the molecule is C#CCOc1ccc(/C=C/C(=O)c2cc(C(=O)c3ccc(Br)cc3)n3c2ccc2cc(OC)ccc23)cc1. The maximum absolute atomic E-state index is 13.6. The number of terminal acetylenes is 1. The van der Waals surface area contributed by atoms with Gasteiger partial charge in [-0.2, -0.15) is 0 Å². The second-order valence-electron chi connectivity index (χ2n) is 8.52. The molecule has 5 aromatic rings. The molecule has 0 unspecified atom stereocenters. The van der Waals surface area contributed by atoms with Crippen LogP contribution in [-0.4, -0.2) is 29.7 Å². The second-order valence-corrected chi connectivity index (χ2v) is 9.43. The summed E-state index contributed by atoms with van der Waals surface area (Å²) in [4.78, 5) is 27.1. The van der Waals surface area contributed by atoms with Crippen LogP contribution in [0.2, 0.25) is 0 Å². The van der Waals surface area contributed by atoms with Gasteiger partial charge in [0.05, 0.1) is 23.8 Å². The largest absolute Gasteiger partial charge is 0.497 e. The molecule has 2 heterocycles. The number of nitrogens with zero attached hydrogens (tertiary/aromatic N) is 1. The lowest BCUT2D eigenvalue weighted by Gasteiger charge is -2.09. The number of carbonyl (C=O) groups excluding carboxylic acids is 2. The molecule has 38 heavy (non-hydrogen) atoms. The van der Waals surface area contributed by atoms with Crippen LogP contribution in [0.1, 0.15) is 32.0 Å². The Hall–Kier alpha value is -4.60. The fourth-order valence-electron chi connectivity index (χ4n) is 4.29. The van der Waals surface area contributed by atoms with E-state index in [1.54, 1.807) is 43.5 Å². The number of aromatic nitrogens is 1. The lowest BCUT2D eigenvalue weighted by atomic mass is 10.1. The Bertz CT molecular complexity index is 1740. The number of ketones is 2. The van der Waals surface area contributed by atoms with Crippen LogP contribution in [0.15, 0.2) is 95.5 Å². The molecule has 0 saturated carbocycles. The Morgan fingerprint density at radius 2 is 1.63 bits per heavy atom. The van der Waals surface area contributed by atoms with Crippen molar-refractivity contribution in [3.05, 3.63) is 118 Å². The number of fused-ring (bicyclic) bond motifs is 3. The number of hydrogen-bond donors (Lipinski definition) is 0. The third-order valence-corrected chi connectivity index (χ3v) is 6.70. The van der Waals surface area contributed by atoms with E-state index in [9.17, 15) is 9.59 Å². The lowest BCUT2D eigenvalue weighted by molar-refractivity contribution is 0.103. The molecule has 0 atom stereocenters. The summed E-state index contributed by atoms with van der Waals surface area (Å²) in [7, 11) is 1.61. The number of pyridine rings is 1. The van der Waals surface area contributed by atoms with Gasteiger partial charge in [-0.25, -0.2) is 0 Å². The van der Waals surface area contributed by atoms with E-state index in [1.807, 2.05) is 59.0 Å². The summed E-state index contributed by atoms with van der Waals surface area (Å²) in [5.74, 6) is 3.40. The number of allylic oxidation sites excluding steroid dienone is 1. The highest BCUT2D eigenvalue weighted by Crippen LogP contribution is 2.29. The third kappa shape index (κ3) is 4.97. The van der Waals surface area contributed by atoms with Gasteiger partial charge in [-0.05, 0) is 78.4 Å². The highest BCUT2D eigenvalue weighted by molar-refractivity contribution is 9.10. The maximum Gasteiger partial charge on any atom is 0.209 e. The lowest BCUT2D eigenvalue weighted by Crippen LogP contribution is -2.05. The molecule has 0 aliphatic carbocycles. The molecule has 2 aromatic heterocycles. The van der Waals surface area contributed by atoms with Gasteiger partial charge in [0.25, 0.3) is 0 Å². The Morgan fingerprint density at radius 3 is 2.34 bits per heavy atom. The van der Waals surface area contributed by atoms with Crippen LogP contribution >= 0.6 is 15.9 Å². The van der Waals surface area contributed by atoms with Gasteiger partial charge < -0.3 is 13.9 Å². The van der Waals surface area contributed by atoms with Crippen molar-refractivity contribution in [3.8, 4) is 23.8 Å². The number of carbonyl (C=O) groups is 2. The molecule has 5 nitrogen and oxygen atoms in total. The maximum atomic E-state index is 13.6. The van der Waals surface area contributed by atoms with E-state index in [2.05, 4.69) is 21.9 Å². The zero-order valence-electron chi connectivity index (χ0n) is 20.5. The number of hydrogen-bond acceptors (Lipinski definition) is 4. The molecule has 0 aliphatic rings. The van der Waals surface area contributed by atoms with E-state index >= 15 is 0 Å². The van der Waals surface area contributed by atoms with Crippen molar-refractivity contribution in [2.75, 3.05) is 13.7 Å². The van der Waals surface area contributed by atoms with E-state index in [-0.39, 0.29) is 18.2 Å². The van der Waals surface area contributed by atoms with Gasteiger partial charge in [0.15, 0.2) is 5.78 Å². The molecule has 0 amide bonds. The Balaban J connectivity index is 1.58. The fourth-order valence-corrected chi connectivity index (χ4v) is 4.55. The molecule has 5 rings (SSSR count). The van der Waals surface area contributed by atoms with Gasteiger partial charge in [0, 0.05) is 21.0 Å². The Morgan fingerprint density at radius 1 is 0.921 bits per heavy atom. The summed E-state index contributed by atoms with van der Waals surface area (Å²) in [6, 6.07) is 25.6. The quantitative estimate of drug-likeness (QED) is 0.116. The van der Waals surface area contributed by atoms with Crippen molar-refractivity contribution in [2.45, 2.75) is 0 Å². The zero-order valence-corrected chi connectivity index (χ0v) is 22.1. The number of halogens is 1. The second kappa shape index (κ2) is 10.8. The predicted octanol–water partition coefficient (Wildman–Crippen LogP) is 7.00. The summed E-state index contributed by atoms with van der Waals surface area (Å²) in [5.41, 5.74) is 3.65. The van der Waals surface area contributed by atoms with Crippen LogP contribution in [0, 0.1) is 12.3 Å². The molecule has 0 saturated heterocycles. The number of benzene rings is 3. The summed E-state index contributed by atoms with van der Waals surface area (Å²) < 4.78 is 13.5. The Labute approximate surface area is 228 Å². The molecule has 0 fully saturated rings. The van der Waals surface area contributed by atoms with E-state index in [0.717, 1.165) is 20.9 Å². The van der Waals surface area contributed by atoms with Gasteiger partial charge in [-0.1, -0.05) is 46.1 Å². The van der Waals surface area contributed by atoms with Crippen molar-refractivity contribution >= 4 is 50.0 Å². The molecule has 0 N–H and O–H groups in total. The average molecular weight is 564 g/mol. The van der Waals surface area contributed by atoms with Crippen molar-refractivity contribution in [1.82, 2.24) is 4.40 Å². The van der Waals surface area contributed by atoms with Crippen LogP contribution in [0.4, 0.5) is 0 Å². The molecular formula is C32H22BrNO4. The average Bonchev–Trinajstić information content (AvgIpc) is 3.35. The first-order valence-corrected chi connectivity index (χ1v) is 12.6. The van der Waals surface area contributed by atoms with Crippen LogP contribution in [0.25, 0.3) is 22.5 Å². The standard InChI is InChI=1S/C32H22BrNO4/c1-3-18-38-25-12-4-21(5-13-25)6-17-31(35)27-20-30(32(36)22-7-10-24(33)11-8-22)34-28-16-14-26(37-2)19-23(28)9-15-29(27)34/h1,4-17,19-20H,18H2,2H3/b17-6+. The molecule has 0 spiro atoms. The Kier molecular flexibility index (Phi) is 7.12. The van der Waals surface area contributed by atoms with Crippen LogP contribution in [0.3, 0.4) is 0 Å². The molecule has 6 heteroatoms. The predicted molar refractivity (Wildman–Crippen MR) is 153 cm³/mol. The van der Waals surface area contributed by atoms with E-state index in [0.29, 0.717) is 33.8 Å². The first-order valence-electron chi connectivity index (χ1n) is 11.8. The van der Waals surface area contributed by atoms with Crippen molar-refractivity contribution in [1.29, 1.82) is 0 Å². The summed E-state index contributed by atoms with van der Waals surface area (Å²) >= 11 is 3.42. The van der Waals surface area contributed by atoms with Gasteiger partial charge in [0.1, 0.15) is 18.1 Å². The molecule has 0 aliphatic heterocycles. The molecule has 0 bridgehead atoms. The first kappa shape index (κ1) is 25.1. The van der Waals surface area contributed by atoms with Crippen molar-refractivity contribution in [2.24, 2.45) is 0 Å². The fraction of sp³-hybridized carbons (Fsp3) is 0.0625. The number of methoxy groups -OCH3 is 1. The smallest absolute Gasteiger partial charge is 0.209 e. The summed E-state index contributed by atoms with van der Waals surface area (Å²) in [6.07, 6.45) is 8.48. The molecule has 0 radical (unpaired) electrons. The molecule has 186 valence electrons. The van der Waals surface area contributed by atoms with Crippen LogP contribution in [0.5, 0.6) is 11.5 Å². The topological polar surface area (TPSA) is 57.0 Å². The normalized spacial score (nSPS) is 11.1. The monoisotopic (exact) mass is 563 g/mol. The van der Waals surface area contributed by atoms with Gasteiger partial charge >= 0.3 is 0 Å². The minimum Gasteiger partial charge on any atom is -0.497 e. The number of ether oxygens (including phenoxy) is 2. The third-order valence-electron chi connectivity index (χ3n) is 6.17. The van der Waals surface area contributed by atoms with Gasteiger partial charge in [0.2, 0.25) is 5.78 Å². The van der Waals surface area contributed by atoms with Crippen molar-refractivity contribution in [3.63, 3.8) is 0 Å². The van der Waals surface area contributed by atoms with Crippen LogP contribution in [-0.2, 0) is 0 Å². The minimum atomic E-state index is -0.210. The van der Waals surface area contributed by atoms with E-state index in [4.69, 9.17) is 15.9 Å². The van der Waals surface area contributed by atoms with Crippen molar-refractivity contribution < 1.29 is 19.1 Å². The molecular weight excluding hydrogens is 542 g/mol. The van der Waals surface area contributed by atoms with E-state index < -0.39 is 0 Å². The highest BCUT2D eigenvalue weighted by Gasteiger charge is 2.21.